The summed E-state index contributed by atoms with van der Waals surface area (Å²) in [6.45, 7) is 0.895. The average Bonchev–Trinajstić information content (AvgIpc) is 2.46. The number of benzene rings is 1. The topological polar surface area (TPSA) is 75.4 Å². The lowest BCUT2D eigenvalue weighted by atomic mass is 9.82. The van der Waals surface area contributed by atoms with Gasteiger partial charge in [-0.25, -0.2) is 0 Å². The molecule has 1 aliphatic carbocycles. The molecule has 1 saturated carbocycles. The zero-order valence-corrected chi connectivity index (χ0v) is 11.2. The summed E-state index contributed by atoms with van der Waals surface area (Å²) < 4.78 is 0. The van der Waals surface area contributed by atoms with Gasteiger partial charge in [-0.15, -0.1) is 0 Å². The molecule has 0 bridgehead atoms. The Kier molecular flexibility index (Phi) is 4.56. The Morgan fingerprint density at radius 2 is 1.84 bits per heavy atom. The van der Waals surface area contributed by atoms with Crippen molar-refractivity contribution in [2.45, 2.75) is 44.2 Å². The number of carbonyl (C=O) groups excluding carboxylic acids is 1. The van der Waals surface area contributed by atoms with Crippen molar-refractivity contribution in [1.82, 2.24) is 5.32 Å². The van der Waals surface area contributed by atoms with E-state index in [0.29, 0.717) is 12.1 Å². The minimum atomic E-state index is -0.404. The quantitative estimate of drug-likeness (QED) is 0.754. The molecule has 0 spiro atoms. The summed E-state index contributed by atoms with van der Waals surface area (Å²) in [7, 11) is 0. The fourth-order valence-electron chi connectivity index (χ4n) is 2.70. The maximum Gasteiger partial charge on any atom is 0.248 e. The minimum Gasteiger partial charge on any atom is -0.394 e. The Morgan fingerprint density at radius 1 is 1.21 bits per heavy atom. The monoisotopic (exact) mass is 262 g/mol. The largest absolute Gasteiger partial charge is 0.394 e. The molecule has 1 fully saturated rings. The maximum absolute atomic E-state index is 11.0. The number of carbonyl (C=O) groups is 1. The number of amides is 1. The van der Waals surface area contributed by atoms with Gasteiger partial charge in [-0.3, -0.25) is 4.79 Å². The highest BCUT2D eigenvalue weighted by Gasteiger charge is 2.30. The van der Waals surface area contributed by atoms with Crippen molar-refractivity contribution < 1.29 is 9.90 Å². The number of hydrogen-bond acceptors (Lipinski definition) is 3. The number of primary amides is 1. The molecule has 1 aromatic rings. The fraction of sp³-hybridized carbons (Fsp3) is 0.533. The van der Waals surface area contributed by atoms with Crippen LogP contribution < -0.4 is 11.1 Å². The van der Waals surface area contributed by atoms with Crippen LogP contribution in [0, 0.1) is 0 Å². The Morgan fingerprint density at radius 3 is 2.37 bits per heavy atom. The fourth-order valence-corrected chi connectivity index (χ4v) is 2.70. The van der Waals surface area contributed by atoms with E-state index in [1.54, 1.807) is 12.1 Å². The van der Waals surface area contributed by atoms with E-state index in [-0.39, 0.29) is 12.1 Å². The van der Waals surface area contributed by atoms with Crippen LogP contribution in [0.3, 0.4) is 0 Å². The molecule has 0 aliphatic heterocycles. The first-order valence-corrected chi connectivity index (χ1v) is 6.90. The van der Waals surface area contributed by atoms with Crippen LogP contribution in [0.1, 0.15) is 48.0 Å². The van der Waals surface area contributed by atoms with E-state index < -0.39 is 5.91 Å². The molecule has 0 atom stereocenters. The SMILES string of the molecule is NC(=O)c1ccc(CNC2(CO)CCCCC2)cc1. The van der Waals surface area contributed by atoms with E-state index in [2.05, 4.69) is 5.32 Å². The van der Waals surface area contributed by atoms with Crippen LogP contribution in [0.2, 0.25) is 0 Å². The van der Waals surface area contributed by atoms with Gasteiger partial charge in [-0.1, -0.05) is 31.4 Å². The average molecular weight is 262 g/mol. The number of nitrogens with one attached hydrogen (secondary N) is 1. The van der Waals surface area contributed by atoms with Gasteiger partial charge in [0.2, 0.25) is 5.91 Å². The molecule has 0 unspecified atom stereocenters. The van der Waals surface area contributed by atoms with Gasteiger partial charge in [0.15, 0.2) is 0 Å². The molecule has 1 amide bonds. The van der Waals surface area contributed by atoms with Gasteiger partial charge in [-0.2, -0.15) is 0 Å². The maximum atomic E-state index is 11.0. The highest BCUT2D eigenvalue weighted by molar-refractivity contribution is 5.92. The molecule has 1 aromatic carbocycles. The number of hydrogen-bond donors (Lipinski definition) is 3. The van der Waals surface area contributed by atoms with Crippen LogP contribution in [-0.2, 0) is 6.54 Å². The summed E-state index contributed by atoms with van der Waals surface area (Å²) >= 11 is 0. The van der Waals surface area contributed by atoms with Crippen molar-refractivity contribution >= 4 is 5.91 Å². The Balaban J connectivity index is 1.95. The number of aliphatic hydroxyl groups is 1. The molecule has 0 heterocycles. The van der Waals surface area contributed by atoms with Gasteiger partial charge in [0.25, 0.3) is 0 Å². The van der Waals surface area contributed by atoms with Crippen LogP contribution in [0.5, 0.6) is 0 Å². The van der Waals surface area contributed by atoms with E-state index in [4.69, 9.17) is 5.73 Å². The molecule has 0 radical (unpaired) electrons. The first-order chi connectivity index (χ1) is 9.15. The van der Waals surface area contributed by atoms with Crippen LogP contribution in [0.4, 0.5) is 0 Å². The summed E-state index contributed by atoms with van der Waals surface area (Å²) in [6, 6.07) is 7.29. The highest BCUT2D eigenvalue weighted by Crippen LogP contribution is 2.28. The van der Waals surface area contributed by atoms with Gasteiger partial charge in [0, 0.05) is 17.6 Å². The van der Waals surface area contributed by atoms with Crippen LogP contribution in [0.15, 0.2) is 24.3 Å². The predicted octanol–water partition coefficient (Wildman–Crippen LogP) is 1.57. The minimum absolute atomic E-state index is 0.124. The molecule has 4 N–H and O–H groups in total. The third-order valence-corrected chi connectivity index (χ3v) is 4.02. The first kappa shape index (κ1) is 14.0. The summed E-state index contributed by atoms with van der Waals surface area (Å²) in [5, 5.41) is 13.1. The van der Waals surface area contributed by atoms with Crippen molar-refractivity contribution in [3.8, 4) is 0 Å². The van der Waals surface area contributed by atoms with E-state index >= 15 is 0 Å². The van der Waals surface area contributed by atoms with Gasteiger partial charge < -0.3 is 16.2 Å². The number of nitrogens with two attached hydrogens (primary N) is 1. The summed E-state index contributed by atoms with van der Waals surface area (Å²) in [5.74, 6) is -0.404. The lowest BCUT2D eigenvalue weighted by Gasteiger charge is -2.36. The van der Waals surface area contributed by atoms with Gasteiger partial charge in [0.05, 0.1) is 6.61 Å². The van der Waals surface area contributed by atoms with Crippen LogP contribution in [-0.4, -0.2) is 23.2 Å². The lowest BCUT2D eigenvalue weighted by Crippen LogP contribution is -2.49. The van der Waals surface area contributed by atoms with Crippen molar-refractivity contribution in [1.29, 1.82) is 0 Å². The second-order valence-corrected chi connectivity index (χ2v) is 5.41. The van der Waals surface area contributed by atoms with Crippen molar-refractivity contribution in [2.75, 3.05) is 6.61 Å². The Bertz CT molecular complexity index is 422. The third kappa shape index (κ3) is 3.55. The molecule has 4 heteroatoms. The number of rotatable bonds is 5. The molecule has 0 saturated heterocycles. The highest BCUT2D eigenvalue weighted by atomic mass is 16.3. The molecule has 4 nitrogen and oxygen atoms in total. The zero-order chi connectivity index (χ0) is 13.7. The summed E-state index contributed by atoms with van der Waals surface area (Å²) in [5.41, 5.74) is 6.71. The second-order valence-electron chi connectivity index (χ2n) is 5.41. The van der Waals surface area contributed by atoms with Crippen LogP contribution in [0.25, 0.3) is 0 Å². The molecule has 0 aromatic heterocycles. The van der Waals surface area contributed by atoms with E-state index in [1.165, 1.54) is 19.3 Å². The first-order valence-electron chi connectivity index (χ1n) is 6.90. The molecule has 1 aliphatic rings. The molecular weight excluding hydrogens is 240 g/mol. The smallest absolute Gasteiger partial charge is 0.248 e. The van der Waals surface area contributed by atoms with Gasteiger partial charge >= 0.3 is 0 Å². The normalized spacial score (nSPS) is 18.2. The second kappa shape index (κ2) is 6.17. The van der Waals surface area contributed by atoms with Crippen molar-refractivity contribution in [2.24, 2.45) is 5.73 Å². The predicted molar refractivity (Wildman–Crippen MR) is 74.7 cm³/mol. The van der Waals surface area contributed by atoms with Crippen molar-refractivity contribution in [3.05, 3.63) is 35.4 Å². The van der Waals surface area contributed by atoms with Crippen molar-refractivity contribution in [3.63, 3.8) is 0 Å². The standard InChI is InChI=1S/C15H22N2O2/c16-14(19)13-6-4-12(5-7-13)10-17-15(11-18)8-2-1-3-9-15/h4-7,17-18H,1-3,8-11H2,(H2,16,19). The summed E-state index contributed by atoms with van der Waals surface area (Å²) in [4.78, 5) is 11.0. The molecule has 104 valence electrons. The molecular formula is C15H22N2O2. The van der Waals surface area contributed by atoms with E-state index in [9.17, 15) is 9.90 Å². The molecule has 2 rings (SSSR count). The van der Waals surface area contributed by atoms with Gasteiger partial charge in [-0.05, 0) is 30.5 Å². The lowest BCUT2D eigenvalue weighted by molar-refractivity contribution is 0.100. The number of aliphatic hydroxyl groups excluding tert-OH is 1. The zero-order valence-electron chi connectivity index (χ0n) is 11.2. The Labute approximate surface area is 114 Å². The Hall–Kier alpha value is -1.39. The van der Waals surface area contributed by atoms with Crippen LogP contribution >= 0.6 is 0 Å². The third-order valence-electron chi connectivity index (χ3n) is 4.02. The van der Waals surface area contributed by atoms with Gasteiger partial charge in [0.1, 0.15) is 0 Å². The summed E-state index contributed by atoms with van der Waals surface area (Å²) in [6.07, 6.45) is 5.67. The van der Waals surface area contributed by atoms with E-state index in [0.717, 1.165) is 18.4 Å². The molecule has 19 heavy (non-hydrogen) atoms. The van der Waals surface area contributed by atoms with E-state index in [1.807, 2.05) is 12.1 Å².